The number of nitrogens with one attached hydrogen (secondary N) is 1. The Morgan fingerprint density at radius 1 is 1.00 bits per heavy atom. The fourth-order valence-electron chi connectivity index (χ4n) is 5.01. The van der Waals surface area contributed by atoms with E-state index >= 15 is 0 Å². The maximum Gasteiger partial charge on any atom is 0.185 e. The first-order valence-electron chi connectivity index (χ1n) is 12.4. The van der Waals surface area contributed by atoms with E-state index in [0.717, 1.165) is 62.5 Å². The second kappa shape index (κ2) is 10.7. The van der Waals surface area contributed by atoms with Gasteiger partial charge in [-0.05, 0) is 93.4 Å². The number of hydrogen-bond acceptors (Lipinski definition) is 5. The van der Waals surface area contributed by atoms with Crippen molar-refractivity contribution in [3.63, 3.8) is 0 Å². The van der Waals surface area contributed by atoms with Gasteiger partial charge in [0.2, 0.25) is 0 Å². The number of rotatable bonds is 8. The van der Waals surface area contributed by atoms with Crippen LogP contribution in [0.25, 0.3) is 0 Å². The molecule has 1 aliphatic heterocycles. The molecule has 0 spiro atoms. The third-order valence-corrected chi connectivity index (χ3v) is 7.00. The van der Waals surface area contributed by atoms with Crippen molar-refractivity contribution in [2.45, 2.75) is 45.1 Å². The van der Waals surface area contributed by atoms with Crippen molar-refractivity contribution >= 4 is 17.3 Å². The van der Waals surface area contributed by atoms with E-state index < -0.39 is 0 Å². The number of ketones is 1. The lowest BCUT2D eigenvalue weighted by molar-refractivity contribution is 0.104. The molecule has 2 aliphatic rings. The molecule has 0 radical (unpaired) electrons. The summed E-state index contributed by atoms with van der Waals surface area (Å²) in [7, 11) is 0. The molecule has 0 saturated carbocycles. The van der Waals surface area contributed by atoms with E-state index in [1.807, 2.05) is 24.3 Å². The first-order valence-corrected chi connectivity index (χ1v) is 12.4. The highest BCUT2D eigenvalue weighted by Crippen LogP contribution is 2.27. The first-order chi connectivity index (χ1) is 16.7. The number of hydrogen-bond donors (Lipinski definition) is 1. The minimum absolute atomic E-state index is 0.0657. The van der Waals surface area contributed by atoms with Crippen molar-refractivity contribution in [3.8, 4) is 0 Å². The van der Waals surface area contributed by atoms with Gasteiger partial charge in [-0.3, -0.25) is 9.69 Å². The summed E-state index contributed by atoms with van der Waals surface area (Å²) in [6.45, 7) is 3.29. The lowest BCUT2D eigenvalue weighted by Gasteiger charge is -2.31. The van der Waals surface area contributed by atoms with E-state index in [2.05, 4.69) is 56.6 Å². The molecule has 174 valence electrons. The van der Waals surface area contributed by atoms with Crippen molar-refractivity contribution in [2.75, 3.05) is 18.4 Å². The molecular weight excluding hydrogens is 420 g/mol. The van der Waals surface area contributed by atoms with Gasteiger partial charge in [0.15, 0.2) is 5.78 Å². The maximum atomic E-state index is 12.6. The molecule has 2 aromatic carbocycles. The SMILES string of the molecule is O=C(C=CCC1CCN(Cc2ccccc2)CC1)c1ccc(Nc2ncnc3c2CCC3)cc1. The molecule has 0 bridgehead atoms. The van der Waals surface area contributed by atoms with Crippen LogP contribution in [0.3, 0.4) is 0 Å². The van der Waals surface area contributed by atoms with Crippen molar-refractivity contribution < 1.29 is 4.79 Å². The summed E-state index contributed by atoms with van der Waals surface area (Å²) in [4.78, 5) is 23.9. The molecule has 0 amide bonds. The second-order valence-electron chi connectivity index (χ2n) is 9.41. The molecule has 1 N–H and O–H groups in total. The summed E-state index contributed by atoms with van der Waals surface area (Å²) in [6, 6.07) is 18.4. The predicted octanol–water partition coefficient (Wildman–Crippen LogP) is 5.75. The van der Waals surface area contributed by atoms with Gasteiger partial charge < -0.3 is 5.32 Å². The Morgan fingerprint density at radius 3 is 2.59 bits per heavy atom. The summed E-state index contributed by atoms with van der Waals surface area (Å²) >= 11 is 0. The number of likely N-dealkylation sites (tertiary alicyclic amines) is 1. The van der Waals surface area contributed by atoms with Gasteiger partial charge in [-0.2, -0.15) is 0 Å². The van der Waals surface area contributed by atoms with Gasteiger partial charge >= 0.3 is 0 Å². The number of carbonyl (C=O) groups excluding carboxylic acids is 1. The zero-order valence-corrected chi connectivity index (χ0v) is 19.6. The van der Waals surface area contributed by atoms with Gasteiger partial charge in [0.25, 0.3) is 0 Å². The molecule has 0 atom stereocenters. The van der Waals surface area contributed by atoms with Gasteiger partial charge in [-0.25, -0.2) is 9.97 Å². The number of fused-ring (bicyclic) bond motifs is 1. The predicted molar refractivity (Wildman–Crippen MR) is 136 cm³/mol. The number of allylic oxidation sites excluding steroid dienone is 2. The number of benzene rings is 2. The van der Waals surface area contributed by atoms with Crippen molar-refractivity contribution in [1.29, 1.82) is 0 Å². The number of piperidine rings is 1. The molecule has 5 heteroatoms. The van der Waals surface area contributed by atoms with Gasteiger partial charge in [-0.1, -0.05) is 36.4 Å². The van der Waals surface area contributed by atoms with E-state index in [4.69, 9.17) is 0 Å². The fourth-order valence-corrected chi connectivity index (χ4v) is 5.01. The molecule has 0 unspecified atom stereocenters. The molecule has 3 aromatic rings. The monoisotopic (exact) mass is 452 g/mol. The zero-order chi connectivity index (χ0) is 23.2. The Labute approximate surface area is 201 Å². The molecule has 1 aromatic heterocycles. The topological polar surface area (TPSA) is 58.1 Å². The number of aromatic nitrogens is 2. The zero-order valence-electron chi connectivity index (χ0n) is 19.6. The number of nitrogens with zero attached hydrogens (tertiary/aromatic N) is 3. The Hall–Kier alpha value is -3.31. The standard InChI is InChI=1S/C29H32N4O/c34-28(11-4-8-22-16-18-33(19-17-22)20-23-6-2-1-3-7-23)24-12-14-25(15-13-24)32-29-26-9-5-10-27(26)30-21-31-29/h1-4,6-7,11-15,21-22H,5,8-10,16-20H2,(H,30,31,32). The van der Waals surface area contributed by atoms with E-state index in [1.54, 1.807) is 12.4 Å². The summed E-state index contributed by atoms with van der Waals surface area (Å²) in [5.74, 6) is 1.62. The van der Waals surface area contributed by atoms with Gasteiger partial charge in [0.1, 0.15) is 12.1 Å². The average molecular weight is 453 g/mol. The van der Waals surface area contributed by atoms with Crippen LogP contribution in [-0.4, -0.2) is 33.7 Å². The van der Waals surface area contributed by atoms with Crippen LogP contribution in [0.15, 0.2) is 73.1 Å². The van der Waals surface area contributed by atoms with E-state index in [1.165, 1.54) is 24.0 Å². The first kappa shape index (κ1) is 22.5. The average Bonchev–Trinajstić information content (AvgIpc) is 3.36. The molecule has 5 nitrogen and oxygen atoms in total. The minimum Gasteiger partial charge on any atom is -0.340 e. The van der Waals surface area contributed by atoms with E-state index in [9.17, 15) is 4.79 Å². The highest BCUT2D eigenvalue weighted by Gasteiger charge is 2.19. The third-order valence-electron chi connectivity index (χ3n) is 7.00. The van der Waals surface area contributed by atoms with Crippen LogP contribution >= 0.6 is 0 Å². The quantitative estimate of drug-likeness (QED) is 0.348. The van der Waals surface area contributed by atoms with Crippen molar-refractivity contribution in [3.05, 3.63) is 95.5 Å². The Balaban J connectivity index is 1.08. The number of anilines is 2. The Morgan fingerprint density at radius 2 is 1.79 bits per heavy atom. The molecule has 5 rings (SSSR count). The summed E-state index contributed by atoms with van der Waals surface area (Å²) < 4.78 is 0. The number of aryl methyl sites for hydroxylation is 1. The summed E-state index contributed by atoms with van der Waals surface area (Å²) in [5, 5.41) is 3.39. The van der Waals surface area contributed by atoms with Gasteiger partial charge in [0.05, 0.1) is 0 Å². The summed E-state index contributed by atoms with van der Waals surface area (Å²) in [6.07, 6.45) is 12.0. The largest absolute Gasteiger partial charge is 0.340 e. The van der Waals surface area contributed by atoms with Gasteiger partial charge in [-0.15, -0.1) is 0 Å². The van der Waals surface area contributed by atoms with Crippen LogP contribution in [-0.2, 0) is 19.4 Å². The summed E-state index contributed by atoms with van der Waals surface area (Å²) in [5.41, 5.74) is 5.41. The molecule has 2 heterocycles. The maximum absolute atomic E-state index is 12.6. The second-order valence-corrected chi connectivity index (χ2v) is 9.41. The third kappa shape index (κ3) is 5.60. The minimum atomic E-state index is 0.0657. The van der Waals surface area contributed by atoms with Crippen LogP contribution < -0.4 is 5.32 Å². The van der Waals surface area contributed by atoms with Crippen molar-refractivity contribution in [2.24, 2.45) is 5.92 Å². The number of carbonyl (C=O) groups is 1. The van der Waals surface area contributed by atoms with E-state index in [-0.39, 0.29) is 5.78 Å². The van der Waals surface area contributed by atoms with Crippen LogP contribution in [0.4, 0.5) is 11.5 Å². The highest BCUT2D eigenvalue weighted by molar-refractivity contribution is 6.04. The fraction of sp³-hybridized carbons (Fsp3) is 0.345. The molecule has 1 aliphatic carbocycles. The van der Waals surface area contributed by atoms with Crippen LogP contribution in [0, 0.1) is 5.92 Å². The molecular formula is C29H32N4O. The Bertz CT molecular complexity index is 1130. The molecule has 1 saturated heterocycles. The smallest absolute Gasteiger partial charge is 0.185 e. The molecule has 34 heavy (non-hydrogen) atoms. The van der Waals surface area contributed by atoms with Gasteiger partial charge in [0, 0.05) is 29.1 Å². The normalized spacial score (nSPS) is 16.6. The highest BCUT2D eigenvalue weighted by atomic mass is 16.1. The van der Waals surface area contributed by atoms with Crippen LogP contribution in [0.1, 0.15) is 52.9 Å². The lowest BCUT2D eigenvalue weighted by Crippen LogP contribution is -2.33. The van der Waals surface area contributed by atoms with Crippen LogP contribution in [0.5, 0.6) is 0 Å². The molecule has 1 fully saturated rings. The van der Waals surface area contributed by atoms with Crippen LogP contribution in [0.2, 0.25) is 0 Å². The van der Waals surface area contributed by atoms with Crippen molar-refractivity contribution in [1.82, 2.24) is 14.9 Å². The Kier molecular flexibility index (Phi) is 7.10. The van der Waals surface area contributed by atoms with E-state index in [0.29, 0.717) is 11.5 Å². The lowest BCUT2D eigenvalue weighted by atomic mass is 9.93.